The minimum absolute atomic E-state index is 0. The predicted octanol–water partition coefficient (Wildman–Crippen LogP) is 0.290. The first-order chi connectivity index (χ1) is 4.98. The normalized spacial score (nSPS) is 10.8. The van der Waals surface area contributed by atoms with Crippen molar-refractivity contribution in [2.75, 3.05) is 5.75 Å². The van der Waals surface area contributed by atoms with Crippen LogP contribution in [-0.2, 0) is 14.3 Å². The molecule has 0 radical (unpaired) electrons. The Bertz CT molecular complexity index is 255. The van der Waals surface area contributed by atoms with Crippen molar-refractivity contribution >= 4 is 39.7 Å². The van der Waals surface area contributed by atoms with Gasteiger partial charge in [0.1, 0.15) is 17.8 Å². The van der Waals surface area contributed by atoms with Crippen molar-refractivity contribution in [3.63, 3.8) is 0 Å². The molecule has 6 heteroatoms. The van der Waals surface area contributed by atoms with Crippen LogP contribution in [0.25, 0.3) is 0 Å². The van der Waals surface area contributed by atoms with Crippen molar-refractivity contribution in [3.8, 4) is 0 Å². The van der Waals surface area contributed by atoms with Gasteiger partial charge in [-0.3, -0.25) is 0 Å². The molecule has 66 valence electrons. The molecular weight excluding hydrogens is 191 g/mol. The van der Waals surface area contributed by atoms with Crippen LogP contribution < -0.4 is 0 Å². The fourth-order valence-electron chi connectivity index (χ4n) is 0.378. The number of hydrogen-bond acceptors (Lipinski definition) is 4. The standard InChI is InChI=1S/C6H10O4S.Na.H/c1-3-4-10-11(8,9)5-6(2)7;;/h3-4,7H,2,5H2,1H3;;. The van der Waals surface area contributed by atoms with Crippen molar-refractivity contribution in [2.45, 2.75) is 6.92 Å². The summed E-state index contributed by atoms with van der Waals surface area (Å²) in [5.41, 5.74) is 0. The van der Waals surface area contributed by atoms with Gasteiger partial charge in [-0.1, -0.05) is 12.7 Å². The van der Waals surface area contributed by atoms with E-state index in [4.69, 9.17) is 5.11 Å². The van der Waals surface area contributed by atoms with Crippen molar-refractivity contribution < 1.29 is 17.7 Å². The molecule has 0 atom stereocenters. The summed E-state index contributed by atoms with van der Waals surface area (Å²) in [7, 11) is -3.68. The second kappa shape index (κ2) is 6.54. The van der Waals surface area contributed by atoms with Crippen molar-refractivity contribution in [1.82, 2.24) is 0 Å². The number of aliphatic hydroxyl groups excluding tert-OH is 1. The van der Waals surface area contributed by atoms with Gasteiger partial charge < -0.3 is 9.29 Å². The van der Waals surface area contributed by atoms with Crippen molar-refractivity contribution in [1.29, 1.82) is 0 Å². The first-order valence-electron chi connectivity index (χ1n) is 2.87. The second-order valence-electron chi connectivity index (χ2n) is 1.83. The Morgan fingerprint density at radius 2 is 2.17 bits per heavy atom. The van der Waals surface area contributed by atoms with Gasteiger partial charge in [0, 0.05) is 0 Å². The van der Waals surface area contributed by atoms with Crippen LogP contribution in [0.3, 0.4) is 0 Å². The van der Waals surface area contributed by atoms with E-state index in [2.05, 4.69) is 10.8 Å². The van der Waals surface area contributed by atoms with E-state index in [9.17, 15) is 8.42 Å². The van der Waals surface area contributed by atoms with E-state index in [1.54, 1.807) is 6.92 Å². The molecule has 0 saturated heterocycles. The molecular formula is C6H11NaO4S. The van der Waals surface area contributed by atoms with Crippen LogP contribution >= 0.6 is 0 Å². The molecule has 0 unspecified atom stereocenters. The molecule has 0 aromatic rings. The van der Waals surface area contributed by atoms with E-state index in [1.807, 2.05) is 0 Å². The van der Waals surface area contributed by atoms with Crippen LogP contribution in [0.1, 0.15) is 6.92 Å². The summed E-state index contributed by atoms with van der Waals surface area (Å²) in [6, 6.07) is 0. The zero-order valence-corrected chi connectivity index (χ0v) is 6.97. The molecule has 1 N–H and O–H groups in total. The molecule has 0 aliphatic heterocycles. The van der Waals surface area contributed by atoms with Crippen LogP contribution in [0.5, 0.6) is 0 Å². The molecule has 0 spiro atoms. The van der Waals surface area contributed by atoms with E-state index in [0.717, 1.165) is 6.26 Å². The Balaban J connectivity index is 0. The SMILES string of the molecule is C=C(O)CS(=O)(=O)OC=CC.[NaH]. The van der Waals surface area contributed by atoms with E-state index in [0.29, 0.717) is 0 Å². The summed E-state index contributed by atoms with van der Waals surface area (Å²) in [6.07, 6.45) is 2.45. The van der Waals surface area contributed by atoms with Gasteiger partial charge in [0.15, 0.2) is 0 Å². The molecule has 0 amide bonds. The molecule has 0 aromatic heterocycles. The topological polar surface area (TPSA) is 63.6 Å². The Labute approximate surface area is 94.3 Å². The maximum atomic E-state index is 10.7. The van der Waals surface area contributed by atoms with Gasteiger partial charge in [-0.05, 0) is 6.92 Å². The third-order valence-corrected chi connectivity index (χ3v) is 1.77. The molecule has 0 bridgehead atoms. The third kappa shape index (κ3) is 8.13. The Hall–Kier alpha value is 0.0300. The summed E-state index contributed by atoms with van der Waals surface area (Å²) in [5.74, 6) is -1.01. The maximum absolute atomic E-state index is 10.7. The van der Waals surface area contributed by atoms with Crippen molar-refractivity contribution in [3.05, 3.63) is 24.7 Å². The molecule has 0 rings (SSSR count). The van der Waals surface area contributed by atoms with Gasteiger partial charge in [-0.15, -0.1) is 0 Å². The van der Waals surface area contributed by atoms with Gasteiger partial charge in [0.2, 0.25) is 0 Å². The fourth-order valence-corrected chi connectivity index (χ4v) is 1.13. The minimum atomic E-state index is -3.68. The van der Waals surface area contributed by atoms with Gasteiger partial charge >= 0.3 is 39.7 Å². The summed E-state index contributed by atoms with van der Waals surface area (Å²) < 4.78 is 25.7. The van der Waals surface area contributed by atoms with Gasteiger partial charge in [0.05, 0.1) is 0 Å². The van der Waals surface area contributed by atoms with E-state index < -0.39 is 21.6 Å². The van der Waals surface area contributed by atoms with Crippen LogP contribution in [0, 0.1) is 0 Å². The average molecular weight is 202 g/mol. The molecule has 0 fully saturated rings. The Kier molecular flexibility index (Phi) is 7.92. The van der Waals surface area contributed by atoms with E-state index >= 15 is 0 Å². The number of allylic oxidation sites excluding steroid dienone is 1. The first-order valence-corrected chi connectivity index (χ1v) is 4.44. The number of hydrogen-bond donors (Lipinski definition) is 1. The third-order valence-electron chi connectivity index (χ3n) is 0.682. The Morgan fingerprint density at radius 3 is 2.50 bits per heavy atom. The summed E-state index contributed by atoms with van der Waals surface area (Å²) in [4.78, 5) is 0. The summed E-state index contributed by atoms with van der Waals surface area (Å²) in [5, 5.41) is 8.51. The molecule has 0 aliphatic rings. The molecule has 0 heterocycles. The molecule has 4 nitrogen and oxygen atoms in total. The van der Waals surface area contributed by atoms with E-state index in [1.165, 1.54) is 6.08 Å². The van der Waals surface area contributed by atoms with Crippen molar-refractivity contribution in [2.24, 2.45) is 0 Å². The summed E-state index contributed by atoms with van der Waals surface area (Å²) >= 11 is 0. The molecule has 0 aliphatic carbocycles. The average Bonchev–Trinajstić information content (AvgIpc) is 1.81. The van der Waals surface area contributed by atoms with E-state index in [-0.39, 0.29) is 29.6 Å². The predicted molar refractivity (Wildman–Crippen MR) is 48.6 cm³/mol. The molecule has 12 heavy (non-hydrogen) atoms. The molecule has 0 saturated carbocycles. The summed E-state index contributed by atoms with van der Waals surface area (Å²) in [6.45, 7) is 4.64. The molecule has 0 aromatic carbocycles. The Morgan fingerprint density at radius 1 is 1.67 bits per heavy atom. The zero-order chi connectivity index (χ0) is 8.91. The second-order valence-corrected chi connectivity index (χ2v) is 3.43. The van der Waals surface area contributed by atoms with Crippen LogP contribution in [0.15, 0.2) is 24.7 Å². The van der Waals surface area contributed by atoms with Crippen LogP contribution in [0.4, 0.5) is 0 Å². The number of aliphatic hydroxyl groups is 1. The quantitative estimate of drug-likeness (QED) is 0.404. The zero-order valence-electron chi connectivity index (χ0n) is 6.15. The number of rotatable bonds is 4. The van der Waals surface area contributed by atoms with Gasteiger partial charge in [0.25, 0.3) is 0 Å². The monoisotopic (exact) mass is 202 g/mol. The van der Waals surface area contributed by atoms with Crippen LogP contribution in [0.2, 0.25) is 0 Å². The van der Waals surface area contributed by atoms with Gasteiger partial charge in [-0.2, -0.15) is 8.42 Å². The fraction of sp³-hybridized carbons (Fsp3) is 0.333. The van der Waals surface area contributed by atoms with Gasteiger partial charge in [-0.25, -0.2) is 0 Å². The van der Waals surface area contributed by atoms with Crippen LogP contribution in [-0.4, -0.2) is 48.8 Å². The first kappa shape index (κ1) is 14.5.